The van der Waals surface area contributed by atoms with E-state index in [-0.39, 0.29) is 12.5 Å². The molecule has 0 fully saturated rings. The molecule has 0 heterocycles. The van der Waals surface area contributed by atoms with Crippen molar-refractivity contribution in [1.82, 2.24) is 5.32 Å². The lowest BCUT2D eigenvalue weighted by atomic mass is 10.2. The number of amides is 1. The highest BCUT2D eigenvalue weighted by Crippen LogP contribution is 2.17. The van der Waals surface area contributed by atoms with Crippen LogP contribution >= 0.6 is 34.2 Å². The molecule has 0 radical (unpaired) electrons. The third kappa shape index (κ3) is 4.42. The molecule has 2 unspecified atom stereocenters. The number of rotatable bonds is 4. The average Bonchev–Trinajstić information content (AvgIpc) is 2.28. The first-order valence-corrected chi connectivity index (χ1v) is 6.54. The van der Waals surface area contributed by atoms with Crippen LogP contribution in [-0.2, 0) is 0 Å². The minimum Gasteiger partial charge on any atom is -0.392 e. The summed E-state index contributed by atoms with van der Waals surface area (Å²) in [5.74, 6) is -0.243. The van der Waals surface area contributed by atoms with Crippen molar-refractivity contribution in [1.29, 1.82) is 0 Å². The minimum absolute atomic E-state index is 0.221. The molecule has 6 heteroatoms. The van der Waals surface area contributed by atoms with Gasteiger partial charge in [0, 0.05) is 21.2 Å². The number of benzene rings is 1. The largest absolute Gasteiger partial charge is 0.392 e. The summed E-state index contributed by atoms with van der Waals surface area (Å²) < 4.78 is 0.815. The Bertz CT molecular complexity index is 412. The molecule has 0 aliphatic carbocycles. The molecule has 17 heavy (non-hydrogen) atoms. The first-order chi connectivity index (χ1) is 7.91. The molecule has 0 saturated carbocycles. The zero-order chi connectivity index (χ0) is 13.0. The lowest BCUT2D eigenvalue weighted by Crippen LogP contribution is -2.43. The third-order valence-corrected chi connectivity index (χ3v) is 3.47. The standard InChI is InChI=1S/C11H14ClIN2O2/c1-6(16)10(14)5-15-11(17)8-4-7(12)2-3-9(8)13/h2-4,6,10,16H,5,14H2,1H3,(H,15,17). The van der Waals surface area contributed by atoms with Gasteiger partial charge in [-0.25, -0.2) is 0 Å². The quantitative estimate of drug-likeness (QED) is 0.703. The van der Waals surface area contributed by atoms with Crippen molar-refractivity contribution in [3.05, 3.63) is 32.4 Å². The molecule has 1 rings (SSSR count). The number of nitrogens with two attached hydrogens (primary N) is 1. The monoisotopic (exact) mass is 368 g/mol. The van der Waals surface area contributed by atoms with Crippen LogP contribution in [0.5, 0.6) is 0 Å². The maximum atomic E-state index is 11.8. The molecule has 94 valence electrons. The average molecular weight is 369 g/mol. The van der Waals surface area contributed by atoms with Crippen LogP contribution in [0.4, 0.5) is 0 Å². The number of carbonyl (C=O) groups excluding carboxylic acids is 1. The Morgan fingerprint density at radius 2 is 2.29 bits per heavy atom. The van der Waals surface area contributed by atoms with Crippen LogP contribution in [-0.4, -0.2) is 29.7 Å². The van der Waals surface area contributed by atoms with Crippen molar-refractivity contribution < 1.29 is 9.90 Å². The molecule has 2 atom stereocenters. The summed E-state index contributed by atoms with van der Waals surface area (Å²) in [6, 6.07) is 4.62. The van der Waals surface area contributed by atoms with E-state index in [1.807, 2.05) is 0 Å². The molecule has 0 spiro atoms. The molecule has 1 amide bonds. The number of nitrogens with one attached hydrogen (secondary N) is 1. The highest BCUT2D eigenvalue weighted by molar-refractivity contribution is 14.1. The van der Waals surface area contributed by atoms with E-state index < -0.39 is 12.1 Å². The summed E-state index contributed by atoms with van der Waals surface area (Å²) in [6.45, 7) is 1.80. The van der Waals surface area contributed by atoms with Crippen molar-refractivity contribution in [2.45, 2.75) is 19.1 Å². The number of hydrogen-bond donors (Lipinski definition) is 3. The lowest BCUT2D eigenvalue weighted by Gasteiger charge is -2.15. The molecule has 0 aliphatic rings. The van der Waals surface area contributed by atoms with Gasteiger partial charge in [-0.3, -0.25) is 4.79 Å². The van der Waals surface area contributed by atoms with Crippen molar-refractivity contribution >= 4 is 40.1 Å². The molecule has 1 aromatic rings. The van der Waals surface area contributed by atoms with E-state index in [1.165, 1.54) is 0 Å². The fourth-order valence-electron chi connectivity index (χ4n) is 1.15. The first kappa shape index (κ1) is 14.7. The fraction of sp³-hybridized carbons (Fsp3) is 0.364. The topological polar surface area (TPSA) is 75.3 Å². The van der Waals surface area contributed by atoms with Gasteiger partial charge < -0.3 is 16.2 Å². The lowest BCUT2D eigenvalue weighted by molar-refractivity contribution is 0.0936. The van der Waals surface area contributed by atoms with E-state index in [1.54, 1.807) is 25.1 Å². The van der Waals surface area contributed by atoms with E-state index in [9.17, 15) is 9.90 Å². The number of aliphatic hydroxyl groups excluding tert-OH is 1. The van der Waals surface area contributed by atoms with Crippen molar-refractivity contribution in [2.24, 2.45) is 5.73 Å². The summed E-state index contributed by atoms with van der Waals surface area (Å²) in [4.78, 5) is 11.8. The fourth-order valence-corrected chi connectivity index (χ4v) is 1.90. The smallest absolute Gasteiger partial charge is 0.252 e. The second-order valence-electron chi connectivity index (χ2n) is 3.74. The van der Waals surface area contributed by atoms with Crippen LogP contribution in [0.25, 0.3) is 0 Å². The van der Waals surface area contributed by atoms with Gasteiger partial charge in [0.05, 0.1) is 11.7 Å². The molecular weight excluding hydrogens is 354 g/mol. The summed E-state index contributed by atoms with van der Waals surface area (Å²) in [7, 11) is 0. The van der Waals surface area contributed by atoms with E-state index >= 15 is 0 Å². The number of hydrogen-bond acceptors (Lipinski definition) is 3. The van der Waals surface area contributed by atoms with Gasteiger partial charge in [-0.2, -0.15) is 0 Å². The molecule has 0 aromatic heterocycles. The summed E-state index contributed by atoms with van der Waals surface area (Å²) in [6.07, 6.45) is -0.659. The first-order valence-electron chi connectivity index (χ1n) is 5.08. The second-order valence-corrected chi connectivity index (χ2v) is 5.34. The number of carbonyl (C=O) groups is 1. The van der Waals surface area contributed by atoms with Crippen LogP contribution < -0.4 is 11.1 Å². The van der Waals surface area contributed by atoms with Gasteiger partial charge in [-0.1, -0.05) is 11.6 Å². The van der Waals surface area contributed by atoms with E-state index in [4.69, 9.17) is 17.3 Å². The van der Waals surface area contributed by atoms with Crippen molar-refractivity contribution in [2.75, 3.05) is 6.54 Å². The SMILES string of the molecule is CC(O)C(N)CNC(=O)c1cc(Cl)ccc1I. The Hall–Kier alpha value is -0.370. The van der Waals surface area contributed by atoms with Gasteiger partial charge in [-0.05, 0) is 47.7 Å². The third-order valence-electron chi connectivity index (χ3n) is 2.29. The molecule has 4 nitrogen and oxygen atoms in total. The number of aliphatic hydroxyl groups is 1. The van der Waals surface area contributed by atoms with Crippen molar-refractivity contribution in [3.63, 3.8) is 0 Å². The molecule has 4 N–H and O–H groups in total. The van der Waals surface area contributed by atoms with E-state index in [2.05, 4.69) is 27.9 Å². The Morgan fingerprint density at radius 3 is 2.88 bits per heavy atom. The summed E-state index contributed by atoms with van der Waals surface area (Å²) in [5.41, 5.74) is 6.13. The van der Waals surface area contributed by atoms with Gasteiger partial charge >= 0.3 is 0 Å². The second kappa shape index (κ2) is 6.53. The zero-order valence-electron chi connectivity index (χ0n) is 9.28. The normalized spacial score (nSPS) is 14.2. The van der Waals surface area contributed by atoms with Gasteiger partial charge in [0.2, 0.25) is 0 Å². The van der Waals surface area contributed by atoms with Crippen LogP contribution in [0.3, 0.4) is 0 Å². The Kier molecular flexibility index (Phi) is 5.64. The zero-order valence-corrected chi connectivity index (χ0v) is 12.2. The van der Waals surface area contributed by atoms with Crippen LogP contribution in [0, 0.1) is 3.57 Å². The predicted octanol–water partition coefficient (Wildman–Crippen LogP) is 1.38. The molecule has 1 aromatic carbocycles. The van der Waals surface area contributed by atoms with Crippen LogP contribution in [0.15, 0.2) is 18.2 Å². The molecule has 0 bridgehead atoms. The van der Waals surface area contributed by atoms with E-state index in [0.29, 0.717) is 10.6 Å². The van der Waals surface area contributed by atoms with Gasteiger partial charge in [-0.15, -0.1) is 0 Å². The molecule has 0 saturated heterocycles. The Labute approximate surface area is 119 Å². The predicted molar refractivity (Wildman–Crippen MR) is 76.2 cm³/mol. The summed E-state index contributed by atoms with van der Waals surface area (Å²) >= 11 is 7.89. The molecule has 0 aliphatic heterocycles. The van der Waals surface area contributed by atoms with Gasteiger partial charge in [0.25, 0.3) is 5.91 Å². The Morgan fingerprint density at radius 1 is 1.65 bits per heavy atom. The maximum absolute atomic E-state index is 11.8. The van der Waals surface area contributed by atoms with Crippen molar-refractivity contribution in [3.8, 4) is 0 Å². The van der Waals surface area contributed by atoms with Gasteiger partial charge in [0.15, 0.2) is 0 Å². The highest BCUT2D eigenvalue weighted by atomic mass is 127. The highest BCUT2D eigenvalue weighted by Gasteiger charge is 2.14. The van der Waals surface area contributed by atoms with Gasteiger partial charge in [0.1, 0.15) is 0 Å². The van der Waals surface area contributed by atoms with Crippen LogP contribution in [0.2, 0.25) is 5.02 Å². The molecular formula is C11H14ClIN2O2. The Balaban J connectivity index is 2.67. The van der Waals surface area contributed by atoms with E-state index in [0.717, 1.165) is 3.57 Å². The van der Waals surface area contributed by atoms with Crippen LogP contribution in [0.1, 0.15) is 17.3 Å². The summed E-state index contributed by atoms with van der Waals surface area (Å²) in [5, 5.41) is 12.4. The number of halogens is 2. The minimum atomic E-state index is -0.659. The maximum Gasteiger partial charge on any atom is 0.252 e.